The Bertz CT molecular complexity index is 473. The van der Waals surface area contributed by atoms with E-state index in [9.17, 15) is 0 Å². The monoisotopic (exact) mass is 327 g/mol. The molecule has 0 spiro atoms. The van der Waals surface area contributed by atoms with Gasteiger partial charge in [-0.3, -0.25) is 0 Å². The molecule has 0 aliphatic rings. The minimum absolute atomic E-state index is 0.335. The third-order valence-corrected chi connectivity index (χ3v) is 2.85. The van der Waals surface area contributed by atoms with Gasteiger partial charge in [0.2, 0.25) is 0 Å². The van der Waals surface area contributed by atoms with E-state index in [1.165, 1.54) is 0 Å². The van der Waals surface area contributed by atoms with Gasteiger partial charge in [-0.15, -0.1) is 0 Å². The van der Waals surface area contributed by atoms with Crippen molar-refractivity contribution >= 4 is 22.6 Å². The van der Waals surface area contributed by atoms with Crippen LogP contribution in [0.1, 0.15) is 5.56 Å². The Morgan fingerprint density at radius 3 is 2.50 bits per heavy atom. The summed E-state index contributed by atoms with van der Waals surface area (Å²) >= 11 is 2.20. The highest BCUT2D eigenvalue weighted by atomic mass is 127. The first kappa shape index (κ1) is 11.3. The zero-order valence-corrected chi connectivity index (χ0v) is 10.6. The molecule has 4 nitrogen and oxygen atoms in total. The van der Waals surface area contributed by atoms with Gasteiger partial charge in [-0.1, -0.05) is 12.1 Å². The Labute approximate surface area is 107 Å². The molecule has 0 saturated heterocycles. The molecule has 0 aliphatic carbocycles. The van der Waals surface area contributed by atoms with Crippen molar-refractivity contribution in [1.82, 2.24) is 9.97 Å². The van der Waals surface area contributed by atoms with Crippen molar-refractivity contribution in [2.24, 2.45) is 5.73 Å². The third-order valence-electron chi connectivity index (χ3n) is 1.96. The van der Waals surface area contributed by atoms with E-state index in [1.807, 2.05) is 24.3 Å². The largest absolute Gasteiger partial charge is 0.423 e. The van der Waals surface area contributed by atoms with Crippen molar-refractivity contribution in [3.05, 3.63) is 45.8 Å². The van der Waals surface area contributed by atoms with Crippen molar-refractivity contribution in [3.8, 4) is 11.8 Å². The minimum atomic E-state index is 0.335. The summed E-state index contributed by atoms with van der Waals surface area (Å²) in [7, 11) is 0. The average Bonchev–Trinajstić information content (AvgIpc) is 2.33. The fourth-order valence-electron chi connectivity index (χ4n) is 1.13. The fraction of sp³-hybridized carbons (Fsp3) is 0.0909. The number of para-hydroxylation sites is 1. The van der Waals surface area contributed by atoms with E-state index in [0.29, 0.717) is 12.6 Å². The van der Waals surface area contributed by atoms with Crippen LogP contribution >= 0.6 is 22.6 Å². The predicted molar refractivity (Wildman–Crippen MR) is 69.2 cm³/mol. The highest BCUT2D eigenvalue weighted by Crippen LogP contribution is 2.23. The number of hydrogen-bond acceptors (Lipinski definition) is 4. The predicted octanol–water partition coefficient (Wildman–Crippen LogP) is 2.33. The Kier molecular flexibility index (Phi) is 3.68. The van der Waals surface area contributed by atoms with Crippen LogP contribution in [0.3, 0.4) is 0 Å². The zero-order chi connectivity index (χ0) is 11.4. The van der Waals surface area contributed by atoms with Crippen LogP contribution in [0.2, 0.25) is 0 Å². The van der Waals surface area contributed by atoms with Crippen molar-refractivity contribution < 1.29 is 4.74 Å². The first-order valence-electron chi connectivity index (χ1n) is 4.73. The Hall–Kier alpha value is -1.21. The summed E-state index contributed by atoms with van der Waals surface area (Å²) in [5.41, 5.74) is 6.34. The van der Waals surface area contributed by atoms with Crippen molar-refractivity contribution in [3.63, 3.8) is 0 Å². The van der Waals surface area contributed by atoms with Crippen LogP contribution in [0, 0.1) is 3.57 Å². The second-order valence-corrected chi connectivity index (χ2v) is 4.27. The maximum Gasteiger partial charge on any atom is 0.321 e. The third kappa shape index (κ3) is 2.67. The van der Waals surface area contributed by atoms with Gasteiger partial charge in [-0.25, -0.2) is 9.97 Å². The molecule has 0 radical (unpaired) electrons. The lowest BCUT2D eigenvalue weighted by atomic mass is 10.3. The van der Waals surface area contributed by atoms with E-state index in [-0.39, 0.29) is 0 Å². The molecule has 2 rings (SSSR count). The molecule has 1 aromatic carbocycles. The summed E-state index contributed by atoms with van der Waals surface area (Å²) in [4.78, 5) is 8.14. The van der Waals surface area contributed by atoms with E-state index >= 15 is 0 Å². The maximum atomic E-state index is 5.54. The molecule has 0 saturated carbocycles. The fourth-order valence-corrected chi connectivity index (χ4v) is 1.62. The van der Waals surface area contributed by atoms with Crippen LogP contribution in [0.4, 0.5) is 0 Å². The SMILES string of the molecule is NCc1cnc(Oc2ccccc2I)nc1. The zero-order valence-electron chi connectivity index (χ0n) is 8.43. The van der Waals surface area contributed by atoms with E-state index in [1.54, 1.807) is 12.4 Å². The summed E-state index contributed by atoms with van der Waals surface area (Å²) in [6, 6.07) is 8.03. The quantitative estimate of drug-likeness (QED) is 0.879. The van der Waals surface area contributed by atoms with Crippen LogP contribution in [-0.2, 0) is 6.54 Å². The first-order chi connectivity index (χ1) is 7.79. The smallest absolute Gasteiger partial charge is 0.321 e. The second-order valence-electron chi connectivity index (χ2n) is 3.11. The number of aromatic nitrogens is 2. The summed E-state index contributed by atoms with van der Waals surface area (Å²) < 4.78 is 6.56. The van der Waals surface area contributed by atoms with Gasteiger partial charge in [-0.05, 0) is 34.7 Å². The second kappa shape index (κ2) is 5.22. The lowest BCUT2D eigenvalue weighted by molar-refractivity contribution is 0.438. The normalized spacial score (nSPS) is 10.1. The van der Waals surface area contributed by atoms with E-state index < -0.39 is 0 Å². The molecular formula is C11H10IN3O. The number of hydrogen-bond donors (Lipinski definition) is 1. The van der Waals surface area contributed by atoms with Crippen molar-refractivity contribution in [2.45, 2.75) is 6.54 Å². The Balaban J connectivity index is 2.18. The van der Waals surface area contributed by atoms with E-state index in [2.05, 4.69) is 32.6 Å². The van der Waals surface area contributed by atoms with Gasteiger partial charge in [0.05, 0.1) is 3.57 Å². The van der Waals surface area contributed by atoms with Gasteiger partial charge in [0.25, 0.3) is 0 Å². The molecule has 0 atom stereocenters. The highest BCUT2D eigenvalue weighted by Gasteiger charge is 2.03. The molecule has 0 unspecified atom stereocenters. The lowest BCUT2D eigenvalue weighted by Gasteiger charge is -2.05. The first-order valence-corrected chi connectivity index (χ1v) is 5.81. The number of rotatable bonds is 3. The van der Waals surface area contributed by atoms with Gasteiger partial charge in [0.1, 0.15) is 5.75 Å². The van der Waals surface area contributed by atoms with E-state index in [4.69, 9.17) is 10.5 Å². The van der Waals surface area contributed by atoms with Gasteiger partial charge < -0.3 is 10.5 Å². The molecule has 5 heteroatoms. The number of benzene rings is 1. The van der Waals surface area contributed by atoms with Crippen LogP contribution in [-0.4, -0.2) is 9.97 Å². The molecule has 16 heavy (non-hydrogen) atoms. The van der Waals surface area contributed by atoms with Gasteiger partial charge >= 0.3 is 6.01 Å². The average molecular weight is 327 g/mol. The lowest BCUT2D eigenvalue weighted by Crippen LogP contribution is -1.99. The molecule has 82 valence electrons. The molecular weight excluding hydrogens is 317 g/mol. The van der Waals surface area contributed by atoms with Crippen LogP contribution in [0.25, 0.3) is 0 Å². The summed E-state index contributed by atoms with van der Waals surface area (Å²) in [6.45, 7) is 0.434. The molecule has 0 bridgehead atoms. The maximum absolute atomic E-state index is 5.54. The highest BCUT2D eigenvalue weighted by molar-refractivity contribution is 14.1. The van der Waals surface area contributed by atoms with Crippen LogP contribution < -0.4 is 10.5 Å². The van der Waals surface area contributed by atoms with Crippen LogP contribution in [0.15, 0.2) is 36.7 Å². The van der Waals surface area contributed by atoms with Crippen molar-refractivity contribution in [2.75, 3.05) is 0 Å². The topological polar surface area (TPSA) is 61.0 Å². The van der Waals surface area contributed by atoms with Gasteiger partial charge in [0, 0.05) is 24.5 Å². The molecule has 1 aromatic heterocycles. The number of halogens is 1. The minimum Gasteiger partial charge on any atom is -0.423 e. The van der Waals surface area contributed by atoms with Gasteiger partial charge in [-0.2, -0.15) is 0 Å². The standard InChI is InChI=1S/C11H10IN3O/c12-9-3-1-2-4-10(9)16-11-14-6-8(5-13)7-15-11/h1-4,6-7H,5,13H2. The van der Waals surface area contributed by atoms with E-state index in [0.717, 1.165) is 14.9 Å². The van der Waals surface area contributed by atoms with Crippen LogP contribution in [0.5, 0.6) is 11.8 Å². The Morgan fingerprint density at radius 1 is 1.19 bits per heavy atom. The molecule has 2 aromatic rings. The Morgan fingerprint density at radius 2 is 1.88 bits per heavy atom. The number of nitrogens with zero attached hydrogens (tertiary/aromatic N) is 2. The molecule has 0 aliphatic heterocycles. The number of nitrogens with two attached hydrogens (primary N) is 1. The van der Waals surface area contributed by atoms with Gasteiger partial charge in [0.15, 0.2) is 0 Å². The molecule has 1 heterocycles. The summed E-state index contributed by atoms with van der Waals surface area (Å²) in [5.74, 6) is 0.753. The van der Waals surface area contributed by atoms with Crippen molar-refractivity contribution in [1.29, 1.82) is 0 Å². The molecule has 0 fully saturated rings. The molecule has 2 N–H and O–H groups in total. The number of ether oxygens (including phenoxy) is 1. The molecule has 0 amide bonds. The summed E-state index contributed by atoms with van der Waals surface area (Å²) in [6.07, 6.45) is 3.33. The summed E-state index contributed by atoms with van der Waals surface area (Å²) in [5, 5.41) is 0.